The monoisotopic (exact) mass is 323 g/mol. The number of halogens is 1. The molecule has 7 heteroatoms. The highest BCUT2D eigenvalue weighted by Gasteiger charge is 2.29. The molecule has 23 heavy (non-hydrogen) atoms. The van der Waals surface area contributed by atoms with Gasteiger partial charge < -0.3 is 25.4 Å². The van der Waals surface area contributed by atoms with E-state index in [0.717, 1.165) is 19.4 Å². The topological polar surface area (TPSA) is 73.8 Å². The summed E-state index contributed by atoms with van der Waals surface area (Å²) in [5.41, 5.74) is 0.569. The van der Waals surface area contributed by atoms with E-state index in [9.17, 15) is 14.3 Å². The Labute approximate surface area is 134 Å². The summed E-state index contributed by atoms with van der Waals surface area (Å²) in [6.45, 7) is 1.91. The van der Waals surface area contributed by atoms with Gasteiger partial charge >= 0.3 is 6.03 Å². The maximum atomic E-state index is 13.9. The van der Waals surface area contributed by atoms with E-state index in [0.29, 0.717) is 18.8 Å². The molecule has 0 aromatic heterocycles. The van der Waals surface area contributed by atoms with Crippen LogP contribution in [-0.2, 0) is 4.74 Å². The van der Waals surface area contributed by atoms with Gasteiger partial charge in [0.05, 0.1) is 31.0 Å². The molecule has 0 aliphatic carbocycles. The van der Waals surface area contributed by atoms with Crippen LogP contribution in [0.2, 0.25) is 0 Å². The Morgan fingerprint density at radius 3 is 2.87 bits per heavy atom. The molecule has 2 aliphatic heterocycles. The van der Waals surface area contributed by atoms with Gasteiger partial charge in [-0.2, -0.15) is 0 Å². The zero-order chi connectivity index (χ0) is 16.2. The average Bonchev–Trinajstić information content (AvgIpc) is 2.93. The molecular formula is C16H22FN3O3. The summed E-state index contributed by atoms with van der Waals surface area (Å²) >= 11 is 0. The number of nitrogens with zero attached hydrogens (tertiary/aromatic N) is 1. The minimum Gasteiger partial charge on any atom is -0.388 e. The fourth-order valence-electron chi connectivity index (χ4n) is 3.10. The smallest absolute Gasteiger partial charge is 0.315 e. The number of benzene rings is 1. The Morgan fingerprint density at radius 2 is 2.13 bits per heavy atom. The first-order chi connectivity index (χ1) is 11.1. The summed E-state index contributed by atoms with van der Waals surface area (Å²) in [4.78, 5) is 14.0. The van der Waals surface area contributed by atoms with Gasteiger partial charge in [0.1, 0.15) is 5.82 Å². The van der Waals surface area contributed by atoms with Crippen molar-refractivity contribution in [3.05, 3.63) is 30.1 Å². The van der Waals surface area contributed by atoms with E-state index in [1.165, 1.54) is 6.07 Å². The summed E-state index contributed by atoms with van der Waals surface area (Å²) in [5, 5.41) is 15.3. The highest BCUT2D eigenvalue weighted by Crippen LogP contribution is 2.22. The van der Waals surface area contributed by atoms with Crippen molar-refractivity contribution < 1.29 is 19.0 Å². The van der Waals surface area contributed by atoms with E-state index in [2.05, 4.69) is 10.6 Å². The molecule has 0 saturated carbocycles. The highest BCUT2D eigenvalue weighted by molar-refractivity contribution is 5.74. The van der Waals surface area contributed by atoms with Crippen LogP contribution < -0.4 is 15.5 Å². The van der Waals surface area contributed by atoms with Crippen molar-refractivity contribution in [2.45, 2.75) is 31.0 Å². The molecule has 6 nitrogen and oxygen atoms in total. The zero-order valence-electron chi connectivity index (χ0n) is 12.9. The quantitative estimate of drug-likeness (QED) is 0.771. The van der Waals surface area contributed by atoms with Gasteiger partial charge in [-0.3, -0.25) is 0 Å². The van der Waals surface area contributed by atoms with Crippen LogP contribution in [-0.4, -0.2) is 55.6 Å². The number of hydrogen-bond donors (Lipinski definition) is 3. The Morgan fingerprint density at radius 1 is 1.30 bits per heavy atom. The standard InChI is InChI=1S/C16H22FN3O3/c17-12-5-1-2-6-14(12)20-7-3-4-11(8-20)18-16(22)19-13-9-23-10-15(13)21/h1-2,5-6,11,13,15,21H,3-4,7-10H2,(H2,18,19,22)/t11?,13-,15-/m1/s1. The molecule has 2 saturated heterocycles. The van der Waals surface area contributed by atoms with Gasteiger partial charge in [0.25, 0.3) is 0 Å². The van der Waals surface area contributed by atoms with Gasteiger partial charge in [0, 0.05) is 19.1 Å². The number of piperidine rings is 1. The van der Waals surface area contributed by atoms with Crippen LogP contribution >= 0.6 is 0 Å². The largest absolute Gasteiger partial charge is 0.388 e. The number of amides is 2. The molecule has 1 aromatic carbocycles. The molecule has 2 fully saturated rings. The second-order valence-electron chi connectivity index (χ2n) is 6.07. The van der Waals surface area contributed by atoms with E-state index in [4.69, 9.17) is 4.74 Å². The summed E-state index contributed by atoms with van der Waals surface area (Å²) in [6, 6.07) is 5.93. The normalized spacial score (nSPS) is 27.7. The van der Waals surface area contributed by atoms with Crippen LogP contribution in [0.5, 0.6) is 0 Å². The molecule has 3 rings (SSSR count). The molecule has 3 N–H and O–H groups in total. The Hall–Kier alpha value is -1.86. The first-order valence-electron chi connectivity index (χ1n) is 7.96. The van der Waals surface area contributed by atoms with Gasteiger partial charge in [-0.25, -0.2) is 9.18 Å². The van der Waals surface area contributed by atoms with E-state index < -0.39 is 6.10 Å². The molecule has 2 amide bonds. The lowest BCUT2D eigenvalue weighted by Crippen LogP contribution is -2.54. The third-order valence-corrected chi connectivity index (χ3v) is 4.32. The predicted molar refractivity (Wildman–Crippen MR) is 83.9 cm³/mol. The van der Waals surface area contributed by atoms with Crippen molar-refractivity contribution in [1.29, 1.82) is 0 Å². The Bertz CT molecular complexity index is 557. The number of para-hydroxylation sites is 1. The molecular weight excluding hydrogens is 301 g/mol. The van der Waals surface area contributed by atoms with Crippen LogP contribution in [0.3, 0.4) is 0 Å². The number of anilines is 1. The number of hydrogen-bond acceptors (Lipinski definition) is 4. The van der Waals surface area contributed by atoms with Gasteiger partial charge in [-0.05, 0) is 25.0 Å². The van der Waals surface area contributed by atoms with E-state index in [1.54, 1.807) is 12.1 Å². The SMILES string of the molecule is O=C(NC1CCCN(c2ccccc2F)C1)N[C@@H]1COC[C@H]1O. The van der Waals surface area contributed by atoms with Gasteiger partial charge in [-0.15, -0.1) is 0 Å². The lowest BCUT2D eigenvalue weighted by Gasteiger charge is -2.35. The number of nitrogens with one attached hydrogen (secondary N) is 2. The second kappa shape index (κ2) is 7.14. The predicted octanol–water partition coefficient (Wildman–Crippen LogP) is 0.853. The molecule has 1 unspecified atom stereocenters. The fourth-order valence-corrected chi connectivity index (χ4v) is 3.10. The minimum atomic E-state index is -0.665. The highest BCUT2D eigenvalue weighted by atomic mass is 19.1. The zero-order valence-corrected chi connectivity index (χ0v) is 12.9. The van der Waals surface area contributed by atoms with Crippen molar-refractivity contribution in [2.24, 2.45) is 0 Å². The summed E-state index contributed by atoms with van der Waals surface area (Å²) in [5.74, 6) is -0.246. The molecule has 2 heterocycles. The minimum absolute atomic E-state index is 0.0529. The number of carbonyl (C=O) groups excluding carboxylic acids is 1. The van der Waals surface area contributed by atoms with Crippen LogP contribution in [0, 0.1) is 5.82 Å². The summed E-state index contributed by atoms with van der Waals surface area (Å²) in [6.07, 6.45) is 1.07. The number of aliphatic hydroxyl groups excluding tert-OH is 1. The van der Waals surface area contributed by atoms with E-state index in [-0.39, 0.29) is 30.5 Å². The number of rotatable bonds is 3. The number of ether oxygens (including phenoxy) is 1. The first-order valence-corrected chi connectivity index (χ1v) is 7.96. The Kier molecular flexibility index (Phi) is 4.97. The van der Waals surface area contributed by atoms with Crippen molar-refractivity contribution >= 4 is 11.7 Å². The van der Waals surface area contributed by atoms with E-state index >= 15 is 0 Å². The molecule has 2 aliphatic rings. The molecule has 1 aromatic rings. The van der Waals surface area contributed by atoms with E-state index in [1.807, 2.05) is 11.0 Å². The number of aliphatic hydroxyl groups is 1. The number of carbonyl (C=O) groups is 1. The van der Waals surface area contributed by atoms with Gasteiger partial charge in [0.2, 0.25) is 0 Å². The van der Waals surface area contributed by atoms with Gasteiger partial charge in [0.15, 0.2) is 0 Å². The maximum Gasteiger partial charge on any atom is 0.315 e. The van der Waals surface area contributed by atoms with Crippen molar-refractivity contribution in [1.82, 2.24) is 10.6 Å². The average molecular weight is 323 g/mol. The summed E-state index contributed by atoms with van der Waals surface area (Å²) < 4.78 is 19.0. The molecule has 3 atom stereocenters. The van der Waals surface area contributed by atoms with Crippen molar-refractivity contribution in [2.75, 3.05) is 31.2 Å². The molecule has 0 spiro atoms. The first kappa shape index (κ1) is 16.0. The van der Waals surface area contributed by atoms with Crippen LogP contribution in [0.25, 0.3) is 0 Å². The van der Waals surface area contributed by atoms with Gasteiger partial charge in [-0.1, -0.05) is 12.1 Å². The maximum absolute atomic E-state index is 13.9. The fraction of sp³-hybridized carbons (Fsp3) is 0.562. The third kappa shape index (κ3) is 3.92. The Balaban J connectivity index is 1.54. The number of urea groups is 1. The lowest BCUT2D eigenvalue weighted by atomic mass is 10.0. The lowest BCUT2D eigenvalue weighted by molar-refractivity contribution is 0.122. The van der Waals surface area contributed by atoms with Crippen molar-refractivity contribution in [3.8, 4) is 0 Å². The van der Waals surface area contributed by atoms with Crippen LogP contribution in [0.1, 0.15) is 12.8 Å². The molecule has 126 valence electrons. The second-order valence-corrected chi connectivity index (χ2v) is 6.07. The third-order valence-electron chi connectivity index (χ3n) is 4.32. The van der Waals surface area contributed by atoms with Crippen LogP contribution in [0.4, 0.5) is 14.9 Å². The molecule has 0 bridgehead atoms. The van der Waals surface area contributed by atoms with Crippen LogP contribution in [0.15, 0.2) is 24.3 Å². The molecule has 0 radical (unpaired) electrons. The summed E-state index contributed by atoms with van der Waals surface area (Å²) in [7, 11) is 0. The van der Waals surface area contributed by atoms with Crippen molar-refractivity contribution in [3.63, 3.8) is 0 Å².